The summed E-state index contributed by atoms with van der Waals surface area (Å²) in [6.45, 7) is 5.47. The zero-order valence-electron chi connectivity index (χ0n) is 17.2. The summed E-state index contributed by atoms with van der Waals surface area (Å²) in [5, 5.41) is 19.8. The van der Waals surface area contributed by atoms with Gasteiger partial charge in [0.2, 0.25) is 0 Å². The molecule has 0 amide bonds. The quantitative estimate of drug-likeness (QED) is 0.557. The van der Waals surface area contributed by atoms with E-state index in [2.05, 4.69) is 20.4 Å². The summed E-state index contributed by atoms with van der Waals surface area (Å²) in [4.78, 5) is 2.05. The second kappa shape index (κ2) is 9.60. The van der Waals surface area contributed by atoms with Crippen LogP contribution in [0.3, 0.4) is 0 Å². The van der Waals surface area contributed by atoms with Gasteiger partial charge in [-0.15, -0.1) is 0 Å². The largest absolute Gasteiger partial charge is 0.493 e. The van der Waals surface area contributed by atoms with Gasteiger partial charge >= 0.3 is 6.18 Å². The number of hydrogen-bond acceptors (Lipinski definition) is 5. The van der Waals surface area contributed by atoms with Gasteiger partial charge in [-0.25, -0.2) is 0 Å². The fraction of sp³-hybridized carbons (Fsp3) is 0.550. The number of likely N-dealkylation sites (N-methyl/N-ethyl adjacent to an activating group) is 2. The van der Waals surface area contributed by atoms with Crippen LogP contribution < -0.4 is 10.1 Å². The Balaban J connectivity index is 2.30. The first-order valence-corrected chi connectivity index (χ1v) is 9.43. The van der Waals surface area contributed by atoms with Crippen LogP contribution in [0.25, 0.3) is 11.3 Å². The fourth-order valence-corrected chi connectivity index (χ4v) is 2.76. The molecule has 1 aromatic carbocycles. The molecule has 1 heterocycles. The Morgan fingerprint density at radius 2 is 1.97 bits per heavy atom. The molecule has 0 bridgehead atoms. The number of aromatic amines is 1. The highest BCUT2D eigenvalue weighted by atomic mass is 19.4. The molecule has 0 aliphatic rings. The van der Waals surface area contributed by atoms with Crippen molar-refractivity contribution >= 4 is 0 Å². The average molecular weight is 414 g/mol. The van der Waals surface area contributed by atoms with Crippen molar-refractivity contribution in [1.29, 1.82) is 0 Å². The van der Waals surface area contributed by atoms with Gasteiger partial charge in [0.25, 0.3) is 0 Å². The van der Waals surface area contributed by atoms with Crippen molar-refractivity contribution in [3.05, 3.63) is 35.5 Å². The molecule has 0 atom stereocenters. The average Bonchev–Trinajstić information content (AvgIpc) is 3.06. The molecule has 0 saturated heterocycles. The number of ether oxygens (including phenoxy) is 1. The summed E-state index contributed by atoms with van der Waals surface area (Å²) in [5.74, 6) is 0.0940. The van der Waals surface area contributed by atoms with E-state index in [0.29, 0.717) is 24.2 Å². The van der Waals surface area contributed by atoms with Crippen molar-refractivity contribution in [3.63, 3.8) is 0 Å². The van der Waals surface area contributed by atoms with Gasteiger partial charge in [0, 0.05) is 43.4 Å². The minimum absolute atomic E-state index is 0.0940. The van der Waals surface area contributed by atoms with Crippen molar-refractivity contribution < 1.29 is 23.0 Å². The van der Waals surface area contributed by atoms with Crippen LogP contribution in [0, 0.1) is 0 Å². The van der Waals surface area contributed by atoms with Crippen molar-refractivity contribution in [1.82, 2.24) is 20.4 Å². The molecule has 0 aliphatic carbocycles. The highest BCUT2D eigenvalue weighted by Crippen LogP contribution is 2.36. The van der Waals surface area contributed by atoms with Crippen molar-refractivity contribution in [2.45, 2.75) is 38.6 Å². The molecule has 2 aromatic rings. The van der Waals surface area contributed by atoms with Gasteiger partial charge in [-0.3, -0.25) is 5.10 Å². The van der Waals surface area contributed by atoms with Gasteiger partial charge in [-0.05, 0) is 46.1 Å². The Morgan fingerprint density at radius 1 is 1.24 bits per heavy atom. The maximum Gasteiger partial charge on any atom is 0.416 e. The molecule has 0 fully saturated rings. The molecular weight excluding hydrogens is 385 g/mol. The predicted octanol–water partition coefficient (Wildman–Crippen LogP) is 3.29. The van der Waals surface area contributed by atoms with Gasteiger partial charge in [0.05, 0.1) is 23.5 Å². The number of H-pyrrole nitrogens is 1. The van der Waals surface area contributed by atoms with E-state index in [9.17, 15) is 18.3 Å². The third kappa shape index (κ3) is 7.34. The summed E-state index contributed by atoms with van der Waals surface area (Å²) in [5.41, 5.74) is -0.176. The summed E-state index contributed by atoms with van der Waals surface area (Å²) in [7, 11) is 3.80. The molecule has 0 unspecified atom stereocenters. The lowest BCUT2D eigenvalue weighted by Gasteiger charge is -2.18. The van der Waals surface area contributed by atoms with Crippen LogP contribution in [0.2, 0.25) is 0 Å². The van der Waals surface area contributed by atoms with E-state index < -0.39 is 17.3 Å². The van der Waals surface area contributed by atoms with Crippen LogP contribution in [0.1, 0.15) is 31.4 Å². The van der Waals surface area contributed by atoms with Crippen molar-refractivity contribution in [3.8, 4) is 17.0 Å². The lowest BCUT2D eigenvalue weighted by Crippen LogP contribution is -2.27. The van der Waals surface area contributed by atoms with E-state index >= 15 is 0 Å². The number of aliphatic hydroxyl groups is 1. The number of nitrogens with one attached hydrogen (secondary N) is 2. The zero-order chi connectivity index (χ0) is 21.7. The topological polar surface area (TPSA) is 73.4 Å². The number of nitrogens with zero attached hydrogens (tertiary/aromatic N) is 2. The smallest absolute Gasteiger partial charge is 0.416 e. The Kier molecular flexibility index (Phi) is 7.67. The number of rotatable bonds is 10. The Morgan fingerprint density at radius 3 is 2.59 bits per heavy atom. The fourth-order valence-electron chi connectivity index (χ4n) is 2.76. The molecule has 0 saturated carbocycles. The van der Waals surface area contributed by atoms with Crippen molar-refractivity contribution in [2.75, 3.05) is 33.8 Å². The molecule has 162 valence electrons. The van der Waals surface area contributed by atoms with Gasteiger partial charge in [0.15, 0.2) is 0 Å². The summed E-state index contributed by atoms with van der Waals surface area (Å²) >= 11 is 0. The SMILES string of the molecule is CNCCN(C)Cc1c[nH]nc1-c1cc(OCCC(C)(C)O)cc(C(F)(F)F)c1. The molecule has 2 rings (SSSR count). The Hall–Kier alpha value is -2.10. The third-order valence-corrected chi connectivity index (χ3v) is 4.39. The highest BCUT2D eigenvalue weighted by molar-refractivity contribution is 5.65. The van der Waals surface area contributed by atoms with Gasteiger partial charge in [-0.2, -0.15) is 18.3 Å². The highest BCUT2D eigenvalue weighted by Gasteiger charge is 2.32. The molecule has 0 aliphatic heterocycles. The van der Waals surface area contributed by atoms with Crippen LogP contribution in [-0.2, 0) is 12.7 Å². The van der Waals surface area contributed by atoms with E-state index in [4.69, 9.17) is 4.74 Å². The number of halogens is 3. The van der Waals surface area contributed by atoms with Gasteiger partial charge < -0.3 is 20.1 Å². The molecule has 29 heavy (non-hydrogen) atoms. The van der Waals surface area contributed by atoms with E-state index in [-0.39, 0.29) is 12.4 Å². The number of aromatic nitrogens is 2. The molecule has 3 N–H and O–H groups in total. The molecular formula is C20H29F3N4O2. The lowest BCUT2D eigenvalue weighted by atomic mass is 10.0. The Bertz CT molecular complexity index is 785. The molecule has 0 radical (unpaired) electrons. The molecule has 6 nitrogen and oxygen atoms in total. The first-order chi connectivity index (χ1) is 13.5. The number of hydrogen-bond donors (Lipinski definition) is 3. The van der Waals surface area contributed by atoms with Gasteiger partial charge in [0.1, 0.15) is 5.75 Å². The predicted molar refractivity (Wildman–Crippen MR) is 106 cm³/mol. The third-order valence-electron chi connectivity index (χ3n) is 4.39. The van der Waals surface area contributed by atoms with Crippen LogP contribution >= 0.6 is 0 Å². The minimum atomic E-state index is -4.51. The maximum absolute atomic E-state index is 13.4. The van der Waals surface area contributed by atoms with E-state index in [1.165, 1.54) is 0 Å². The summed E-state index contributed by atoms with van der Waals surface area (Å²) < 4.78 is 45.8. The van der Waals surface area contributed by atoms with Crippen LogP contribution in [0.5, 0.6) is 5.75 Å². The molecule has 0 spiro atoms. The molecule has 9 heteroatoms. The van der Waals surface area contributed by atoms with Crippen LogP contribution in [-0.4, -0.2) is 59.6 Å². The number of benzene rings is 1. The Labute approximate surface area is 169 Å². The normalized spacial score (nSPS) is 12.6. The molecule has 1 aromatic heterocycles. The van der Waals surface area contributed by atoms with Crippen molar-refractivity contribution in [2.24, 2.45) is 0 Å². The monoisotopic (exact) mass is 414 g/mol. The first-order valence-electron chi connectivity index (χ1n) is 9.43. The van der Waals surface area contributed by atoms with E-state index in [1.807, 2.05) is 14.1 Å². The zero-order valence-corrected chi connectivity index (χ0v) is 17.2. The first kappa shape index (κ1) is 23.2. The van der Waals surface area contributed by atoms with Crippen LogP contribution in [0.4, 0.5) is 13.2 Å². The lowest BCUT2D eigenvalue weighted by molar-refractivity contribution is -0.137. The van der Waals surface area contributed by atoms with E-state index in [1.54, 1.807) is 26.1 Å². The summed E-state index contributed by atoms with van der Waals surface area (Å²) in [6.07, 6.45) is -2.52. The maximum atomic E-state index is 13.4. The second-order valence-corrected chi connectivity index (χ2v) is 7.76. The van der Waals surface area contributed by atoms with Crippen LogP contribution in [0.15, 0.2) is 24.4 Å². The standard InChI is InChI=1S/C20H29F3N4O2/c1-19(2,28)5-8-29-17-10-14(9-16(11-17)20(21,22)23)18-15(12-25-26-18)13-27(4)7-6-24-3/h9-12,24,28H,5-8,13H2,1-4H3,(H,25,26). The number of alkyl halides is 3. The minimum Gasteiger partial charge on any atom is -0.493 e. The van der Waals surface area contributed by atoms with Gasteiger partial charge in [-0.1, -0.05) is 0 Å². The summed E-state index contributed by atoms with van der Waals surface area (Å²) in [6, 6.07) is 3.60. The van der Waals surface area contributed by atoms with E-state index in [0.717, 1.165) is 30.8 Å². The second-order valence-electron chi connectivity index (χ2n) is 7.76.